The molecule has 0 aromatic carbocycles. The Kier molecular flexibility index (Phi) is 49.1. The van der Waals surface area contributed by atoms with Crippen molar-refractivity contribution in [2.45, 2.75) is 330 Å². The minimum Gasteiger partial charge on any atom is -0.462 e. The Labute approximate surface area is 406 Å². The van der Waals surface area contributed by atoms with Crippen molar-refractivity contribution < 1.29 is 28.6 Å². The molecule has 0 heterocycles. The summed E-state index contributed by atoms with van der Waals surface area (Å²) < 4.78 is 16.9. The van der Waals surface area contributed by atoms with Gasteiger partial charge in [0.1, 0.15) is 13.2 Å². The number of esters is 3. The van der Waals surface area contributed by atoms with Crippen molar-refractivity contribution in [1.82, 2.24) is 0 Å². The SMILES string of the molecule is CC(C)CCCCCCCCCCCCCCCCCCC(=O)OC[C@H](COC(=O)CCCCCCCCCCCCCCC(C)C)OC(=O)CCCCCCCCCCCCC(C)C. The van der Waals surface area contributed by atoms with Gasteiger partial charge in [0.25, 0.3) is 0 Å². The Hall–Kier alpha value is -1.59. The zero-order chi connectivity index (χ0) is 47.7. The molecule has 0 rings (SSSR count). The van der Waals surface area contributed by atoms with Crippen molar-refractivity contribution in [2.24, 2.45) is 17.8 Å². The van der Waals surface area contributed by atoms with Crippen LogP contribution in [-0.4, -0.2) is 37.2 Å². The lowest BCUT2D eigenvalue weighted by molar-refractivity contribution is -0.167. The third-order valence-corrected chi connectivity index (χ3v) is 13.4. The number of hydrogen-bond donors (Lipinski definition) is 0. The molecule has 0 aliphatic carbocycles. The zero-order valence-electron chi connectivity index (χ0n) is 44.8. The molecule has 6 nitrogen and oxygen atoms in total. The van der Waals surface area contributed by atoms with E-state index >= 15 is 0 Å². The quantitative estimate of drug-likeness (QED) is 0.0344. The first-order chi connectivity index (χ1) is 31.6. The van der Waals surface area contributed by atoms with Crippen LogP contribution < -0.4 is 0 Å². The molecule has 0 saturated carbocycles. The Balaban J connectivity index is 4.27. The first kappa shape index (κ1) is 63.4. The van der Waals surface area contributed by atoms with Crippen LogP contribution in [0.3, 0.4) is 0 Å². The predicted molar refractivity (Wildman–Crippen MR) is 279 cm³/mol. The molecule has 0 aromatic heterocycles. The molecule has 6 heteroatoms. The highest BCUT2D eigenvalue weighted by Crippen LogP contribution is 2.18. The number of rotatable bonds is 52. The largest absolute Gasteiger partial charge is 0.462 e. The number of hydrogen-bond acceptors (Lipinski definition) is 6. The number of unbranched alkanes of at least 4 members (excludes halogenated alkanes) is 35. The number of carbonyl (C=O) groups excluding carboxylic acids is 3. The van der Waals surface area contributed by atoms with E-state index in [9.17, 15) is 14.4 Å². The molecule has 0 aliphatic rings. The van der Waals surface area contributed by atoms with Gasteiger partial charge in [-0.1, -0.05) is 286 Å². The molecule has 0 aliphatic heterocycles. The summed E-state index contributed by atoms with van der Waals surface area (Å²) in [6.45, 7) is 13.8. The summed E-state index contributed by atoms with van der Waals surface area (Å²) in [5, 5.41) is 0. The molecule has 0 bridgehead atoms. The fraction of sp³-hybridized carbons (Fsp3) is 0.949. The van der Waals surface area contributed by atoms with E-state index in [1.165, 1.54) is 205 Å². The summed E-state index contributed by atoms with van der Waals surface area (Å²) in [6.07, 6.45) is 52.4. The van der Waals surface area contributed by atoms with Crippen LogP contribution in [0.1, 0.15) is 324 Å². The van der Waals surface area contributed by atoms with Crippen molar-refractivity contribution >= 4 is 17.9 Å². The van der Waals surface area contributed by atoms with Crippen molar-refractivity contribution in [3.05, 3.63) is 0 Å². The van der Waals surface area contributed by atoms with Crippen LogP contribution in [0.4, 0.5) is 0 Å². The van der Waals surface area contributed by atoms with Gasteiger partial charge in [0.15, 0.2) is 6.10 Å². The minimum absolute atomic E-state index is 0.0636. The summed E-state index contributed by atoms with van der Waals surface area (Å²) in [5.41, 5.74) is 0. The van der Waals surface area contributed by atoms with Crippen LogP contribution in [0.15, 0.2) is 0 Å². The zero-order valence-corrected chi connectivity index (χ0v) is 44.8. The maximum atomic E-state index is 12.8. The van der Waals surface area contributed by atoms with Crippen LogP contribution in [0.5, 0.6) is 0 Å². The predicted octanol–water partition coefficient (Wildman–Crippen LogP) is 19.1. The van der Waals surface area contributed by atoms with Crippen molar-refractivity contribution in [3.8, 4) is 0 Å². The maximum absolute atomic E-state index is 12.8. The van der Waals surface area contributed by atoms with Crippen molar-refractivity contribution in [1.29, 1.82) is 0 Å². The Morgan fingerprint density at radius 3 is 0.662 bits per heavy atom. The smallest absolute Gasteiger partial charge is 0.306 e. The van der Waals surface area contributed by atoms with Gasteiger partial charge in [0.05, 0.1) is 0 Å². The molecule has 0 amide bonds. The van der Waals surface area contributed by atoms with E-state index in [0.29, 0.717) is 19.3 Å². The van der Waals surface area contributed by atoms with Gasteiger partial charge in [-0.2, -0.15) is 0 Å². The lowest BCUT2D eigenvalue weighted by Crippen LogP contribution is -2.30. The van der Waals surface area contributed by atoms with E-state index < -0.39 is 6.10 Å². The molecule has 0 aromatic rings. The van der Waals surface area contributed by atoms with Crippen LogP contribution in [-0.2, 0) is 28.6 Å². The Morgan fingerprint density at radius 1 is 0.262 bits per heavy atom. The first-order valence-corrected chi connectivity index (χ1v) is 29.1. The van der Waals surface area contributed by atoms with Gasteiger partial charge in [-0.3, -0.25) is 14.4 Å². The van der Waals surface area contributed by atoms with Gasteiger partial charge in [-0.05, 0) is 37.0 Å². The number of carbonyl (C=O) groups is 3. The third kappa shape index (κ3) is 53.2. The highest BCUT2D eigenvalue weighted by molar-refractivity contribution is 5.71. The van der Waals surface area contributed by atoms with Crippen molar-refractivity contribution in [2.75, 3.05) is 13.2 Å². The molecular formula is C59H114O6. The second-order valence-electron chi connectivity index (χ2n) is 21.7. The summed E-state index contributed by atoms with van der Waals surface area (Å²) in [4.78, 5) is 38.1. The van der Waals surface area contributed by atoms with Gasteiger partial charge >= 0.3 is 17.9 Å². The van der Waals surface area contributed by atoms with E-state index in [1.54, 1.807) is 0 Å². The summed E-state index contributed by atoms with van der Waals surface area (Å²) in [5.74, 6) is 1.66. The molecule has 0 N–H and O–H groups in total. The van der Waals surface area contributed by atoms with Gasteiger partial charge in [-0.15, -0.1) is 0 Å². The summed E-state index contributed by atoms with van der Waals surface area (Å²) in [7, 11) is 0. The number of ether oxygens (including phenoxy) is 3. The standard InChI is InChI=1S/C59H114O6/c1-53(2)45-39-33-27-21-15-11-9-7-8-10-12-17-24-30-36-42-48-57(60)63-51-56(65-59(62)50-44-38-32-26-20-19-23-29-35-41-47-55(5)6)52-64-58(61)49-43-37-31-25-18-14-13-16-22-28-34-40-46-54(3)4/h53-56H,7-52H2,1-6H3/t56-/m1/s1. The lowest BCUT2D eigenvalue weighted by atomic mass is 10.0. The van der Waals surface area contributed by atoms with Gasteiger partial charge < -0.3 is 14.2 Å². The van der Waals surface area contributed by atoms with E-state index in [1.807, 2.05) is 0 Å². The highest BCUT2D eigenvalue weighted by atomic mass is 16.6. The fourth-order valence-electron chi connectivity index (χ4n) is 9.00. The van der Waals surface area contributed by atoms with Crippen LogP contribution >= 0.6 is 0 Å². The molecule has 65 heavy (non-hydrogen) atoms. The molecule has 0 fully saturated rings. The van der Waals surface area contributed by atoms with Gasteiger partial charge in [0, 0.05) is 19.3 Å². The average Bonchev–Trinajstić information content (AvgIpc) is 3.26. The molecule has 0 unspecified atom stereocenters. The molecule has 386 valence electrons. The van der Waals surface area contributed by atoms with Crippen LogP contribution in [0.2, 0.25) is 0 Å². The normalized spacial score (nSPS) is 12.1. The minimum atomic E-state index is -0.764. The van der Waals surface area contributed by atoms with E-state index in [4.69, 9.17) is 14.2 Å². The maximum Gasteiger partial charge on any atom is 0.306 e. The van der Waals surface area contributed by atoms with Crippen molar-refractivity contribution in [3.63, 3.8) is 0 Å². The molecule has 0 radical (unpaired) electrons. The van der Waals surface area contributed by atoms with Gasteiger partial charge in [0.2, 0.25) is 0 Å². The molecule has 0 saturated heterocycles. The monoisotopic (exact) mass is 919 g/mol. The Bertz CT molecular complexity index is 1010. The second-order valence-corrected chi connectivity index (χ2v) is 21.7. The lowest BCUT2D eigenvalue weighted by Gasteiger charge is -2.18. The molecule has 1 atom stereocenters. The first-order valence-electron chi connectivity index (χ1n) is 29.1. The Morgan fingerprint density at radius 2 is 0.446 bits per heavy atom. The highest BCUT2D eigenvalue weighted by Gasteiger charge is 2.19. The molecule has 0 spiro atoms. The average molecular weight is 920 g/mol. The summed E-state index contributed by atoms with van der Waals surface area (Å²) >= 11 is 0. The third-order valence-electron chi connectivity index (χ3n) is 13.4. The summed E-state index contributed by atoms with van der Waals surface area (Å²) in [6, 6.07) is 0. The van der Waals surface area contributed by atoms with Crippen LogP contribution in [0.25, 0.3) is 0 Å². The van der Waals surface area contributed by atoms with Crippen LogP contribution in [0, 0.1) is 17.8 Å². The topological polar surface area (TPSA) is 78.9 Å². The van der Waals surface area contributed by atoms with E-state index in [2.05, 4.69) is 41.5 Å². The van der Waals surface area contributed by atoms with E-state index in [-0.39, 0.29) is 31.1 Å². The van der Waals surface area contributed by atoms with E-state index in [0.717, 1.165) is 75.5 Å². The molecular weight excluding hydrogens is 805 g/mol. The second kappa shape index (κ2) is 50.3. The fourth-order valence-corrected chi connectivity index (χ4v) is 9.00. The van der Waals surface area contributed by atoms with Gasteiger partial charge in [-0.25, -0.2) is 0 Å².